The van der Waals surface area contributed by atoms with Gasteiger partial charge in [-0.3, -0.25) is 5.41 Å². The number of nitrogens with one attached hydrogen (secondary N) is 1. The summed E-state index contributed by atoms with van der Waals surface area (Å²) >= 11 is 1.54. The third-order valence-corrected chi connectivity index (χ3v) is 4.10. The number of aromatic nitrogens is 1. The zero-order chi connectivity index (χ0) is 13.4. The van der Waals surface area contributed by atoms with Gasteiger partial charge >= 0.3 is 0 Å². The Morgan fingerprint density at radius 2 is 2.11 bits per heavy atom. The average Bonchev–Trinajstić information content (AvgIpc) is 2.69. The van der Waals surface area contributed by atoms with Crippen LogP contribution in [-0.4, -0.2) is 33.9 Å². The first-order valence-corrected chi connectivity index (χ1v) is 6.92. The van der Waals surface area contributed by atoms with E-state index in [9.17, 15) is 5.11 Å². The van der Waals surface area contributed by atoms with Gasteiger partial charge in [0.25, 0.3) is 0 Å². The van der Waals surface area contributed by atoms with Gasteiger partial charge in [0.2, 0.25) is 0 Å². The van der Waals surface area contributed by atoms with Crippen molar-refractivity contribution in [1.29, 1.82) is 5.41 Å². The van der Waals surface area contributed by atoms with Gasteiger partial charge in [-0.15, -0.1) is 11.3 Å². The van der Waals surface area contributed by atoms with Gasteiger partial charge in [0.05, 0.1) is 17.8 Å². The van der Waals surface area contributed by atoms with Crippen molar-refractivity contribution in [2.75, 3.05) is 13.1 Å². The van der Waals surface area contributed by atoms with Gasteiger partial charge in [0, 0.05) is 11.4 Å². The SMILES string of the molecule is Cc1nc(C2=C(O)CN(CC(C)C)C2=N)sc1C. The van der Waals surface area contributed by atoms with Gasteiger partial charge in [0.15, 0.2) is 0 Å². The van der Waals surface area contributed by atoms with E-state index >= 15 is 0 Å². The molecule has 0 aliphatic carbocycles. The van der Waals surface area contributed by atoms with Crippen LogP contribution in [0, 0.1) is 25.2 Å². The molecule has 0 bridgehead atoms. The first kappa shape index (κ1) is 13.1. The molecule has 1 aliphatic rings. The molecule has 2 heterocycles. The summed E-state index contributed by atoms with van der Waals surface area (Å²) in [5.41, 5.74) is 1.59. The smallest absolute Gasteiger partial charge is 0.135 e. The maximum Gasteiger partial charge on any atom is 0.135 e. The van der Waals surface area contributed by atoms with E-state index in [4.69, 9.17) is 5.41 Å². The number of hydrogen-bond acceptors (Lipinski definition) is 4. The molecule has 0 amide bonds. The summed E-state index contributed by atoms with van der Waals surface area (Å²) in [5, 5.41) is 19.0. The van der Waals surface area contributed by atoms with E-state index in [1.54, 1.807) is 11.3 Å². The largest absolute Gasteiger partial charge is 0.510 e. The maximum atomic E-state index is 10.1. The van der Waals surface area contributed by atoms with Crippen LogP contribution in [0.3, 0.4) is 0 Å². The quantitative estimate of drug-likeness (QED) is 0.883. The van der Waals surface area contributed by atoms with Gasteiger partial charge in [-0.1, -0.05) is 13.8 Å². The fourth-order valence-electron chi connectivity index (χ4n) is 2.03. The van der Waals surface area contributed by atoms with Crippen molar-refractivity contribution in [2.24, 2.45) is 5.92 Å². The fourth-order valence-corrected chi connectivity index (χ4v) is 3.02. The zero-order valence-corrected chi connectivity index (χ0v) is 12.1. The lowest BCUT2D eigenvalue weighted by Gasteiger charge is -2.20. The molecule has 0 spiro atoms. The number of hydrogen-bond donors (Lipinski definition) is 2. The molecule has 18 heavy (non-hydrogen) atoms. The summed E-state index contributed by atoms with van der Waals surface area (Å²) < 4.78 is 0. The number of thiazole rings is 1. The summed E-state index contributed by atoms with van der Waals surface area (Å²) in [6, 6.07) is 0. The van der Waals surface area contributed by atoms with Crippen LogP contribution >= 0.6 is 11.3 Å². The van der Waals surface area contributed by atoms with Gasteiger partial charge < -0.3 is 10.0 Å². The third-order valence-electron chi connectivity index (χ3n) is 3.01. The first-order chi connectivity index (χ1) is 8.40. The Morgan fingerprint density at radius 1 is 1.44 bits per heavy atom. The summed E-state index contributed by atoms with van der Waals surface area (Å²) in [6.07, 6.45) is 0. The minimum absolute atomic E-state index is 0.273. The van der Waals surface area contributed by atoms with E-state index in [1.807, 2.05) is 18.7 Å². The van der Waals surface area contributed by atoms with Crippen LogP contribution in [0.2, 0.25) is 0 Å². The molecule has 0 saturated carbocycles. The van der Waals surface area contributed by atoms with Crippen molar-refractivity contribution in [2.45, 2.75) is 27.7 Å². The summed E-state index contributed by atoms with van der Waals surface area (Å²) in [7, 11) is 0. The van der Waals surface area contributed by atoms with Crippen LogP contribution in [0.25, 0.3) is 5.57 Å². The lowest BCUT2D eigenvalue weighted by molar-refractivity contribution is 0.329. The van der Waals surface area contributed by atoms with Crippen LogP contribution in [0.1, 0.15) is 29.4 Å². The van der Waals surface area contributed by atoms with Crippen molar-refractivity contribution in [3.8, 4) is 0 Å². The van der Waals surface area contributed by atoms with E-state index in [2.05, 4.69) is 18.8 Å². The second kappa shape index (κ2) is 4.72. The highest BCUT2D eigenvalue weighted by molar-refractivity contribution is 7.13. The number of nitrogens with zero attached hydrogens (tertiary/aromatic N) is 2. The molecule has 1 aromatic rings. The number of rotatable bonds is 3. The molecule has 0 aromatic carbocycles. The van der Waals surface area contributed by atoms with Crippen LogP contribution in [0.5, 0.6) is 0 Å². The Balaban J connectivity index is 2.28. The molecule has 0 unspecified atom stereocenters. The van der Waals surface area contributed by atoms with E-state index in [0.717, 1.165) is 22.1 Å². The predicted molar refractivity (Wildman–Crippen MR) is 75.3 cm³/mol. The van der Waals surface area contributed by atoms with Gasteiger partial charge in [-0.25, -0.2) is 4.98 Å². The minimum Gasteiger partial charge on any atom is -0.510 e. The van der Waals surface area contributed by atoms with E-state index in [0.29, 0.717) is 23.9 Å². The lowest BCUT2D eigenvalue weighted by Crippen LogP contribution is -2.30. The summed E-state index contributed by atoms with van der Waals surface area (Å²) in [4.78, 5) is 7.48. The Bertz CT molecular complexity index is 497. The Kier molecular flexibility index (Phi) is 3.43. The van der Waals surface area contributed by atoms with E-state index in [1.165, 1.54) is 0 Å². The monoisotopic (exact) mass is 265 g/mol. The molecule has 4 nitrogen and oxygen atoms in total. The number of aliphatic hydroxyl groups is 1. The predicted octanol–water partition coefficient (Wildman–Crippen LogP) is 2.98. The van der Waals surface area contributed by atoms with Crippen LogP contribution < -0.4 is 0 Å². The van der Waals surface area contributed by atoms with Crippen LogP contribution in [-0.2, 0) is 0 Å². The number of aliphatic hydroxyl groups excluding tert-OH is 1. The molecule has 0 radical (unpaired) electrons. The zero-order valence-electron chi connectivity index (χ0n) is 11.2. The Labute approximate surface area is 111 Å². The number of amidine groups is 1. The third kappa shape index (κ3) is 2.27. The normalized spacial score (nSPS) is 16.3. The van der Waals surface area contributed by atoms with Gasteiger partial charge in [0.1, 0.15) is 16.6 Å². The van der Waals surface area contributed by atoms with Crippen molar-refractivity contribution in [3.63, 3.8) is 0 Å². The highest BCUT2D eigenvalue weighted by atomic mass is 32.1. The summed E-state index contributed by atoms with van der Waals surface area (Å²) in [5.74, 6) is 1.14. The van der Waals surface area contributed by atoms with Crippen molar-refractivity contribution >= 4 is 22.7 Å². The standard InChI is InChI=1S/C13H19N3OS/c1-7(2)5-16-6-10(17)11(12(16)14)13-15-8(3)9(4)18-13/h7,14,17H,5-6H2,1-4H3. The van der Waals surface area contributed by atoms with Crippen molar-refractivity contribution < 1.29 is 5.11 Å². The Hall–Kier alpha value is -1.36. The number of aryl methyl sites for hydroxylation is 2. The topological polar surface area (TPSA) is 60.2 Å². The molecule has 0 atom stereocenters. The molecule has 2 rings (SSSR count). The van der Waals surface area contributed by atoms with E-state index < -0.39 is 0 Å². The minimum atomic E-state index is 0.273. The molecule has 0 saturated heterocycles. The molecule has 5 heteroatoms. The van der Waals surface area contributed by atoms with Crippen molar-refractivity contribution in [3.05, 3.63) is 21.3 Å². The molecule has 0 fully saturated rings. The summed E-state index contributed by atoms with van der Waals surface area (Å²) in [6.45, 7) is 9.41. The second-order valence-corrected chi connectivity index (χ2v) is 6.31. The lowest BCUT2D eigenvalue weighted by atomic mass is 10.2. The molecular formula is C13H19N3OS. The second-order valence-electron chi connectivity index (χ2n) is 5.11. The van der Waals surface area contributed by atoms with Crippen LogP contribution in [0.4, 0.5) is 0 Å². The van der Waals surface area contributed by atoms with Crippen LogP contribution in [0.15, 0.2) is 5.76 Å². The molecule has 98 valence electrons. The van der Waals surface area contributed by atoms with Gasteiger partial charge in [-0.2, -0.15) is 0 Å². The average molecular weight is 265 g/mol. The van der Waals surface area contributed by atoms with Crippen molar-refractivity contribution in [1.82, 2.24) is 9.88 Å². The highest BCUT2D eigenvalue weighted by Crippen LogP contribution is 2.31. The van der Waals surface area contributed by atoms with E-state index in [-0.39, 0.29) is 5.76 Å². The Morgan fingerprint density at radius 3 is 2.61 bits per heavy atom. The molecule has 1 aromatic heterocycles. The molecule has 1 aliphatic heterocycles. The molecule has 2 N–H and O–H groups in total. The first-order valence-electron chi connectivity index (χ1n) is 6.10. The molecular weight excluding hydrogens is 246 g/mol. The highest BCUT2D eigenvalue weighted by Gasteiger charge is 2.30. The van der Waals surface area contributed by atoms with Gasteiger partial charge in [-0.05, 0) is 19.8 Å². The maximum absolute atomic E-state index is 10.1. The fraction of sp³-hybridized carbons (Fsp3) is 0.538.